The number of hydrogen-bond donors (Lipinski definition) is 1. The number of nitrogens with one attached hydrogen (secondary N) is 1. The van der Waals surface area contributed by atoms with Crippen LogP contribution >= 0.6 is 0 Å². The van der Waals surface area contributed by atoms with E-state index in [4.69, 9.17) is 4.74 Å². The highest BCUT2D eigenvalue weighted by atomic mass is 16.5. The van der Waals surface area contributed by atoms with Crippen molar-refractivity contribution in [3.63, 3.8) is 0 Å². The van der Waals surface area contributed by atoms with Gasteiger partial charge < -0.3 is 10.1 Å². The van der Waals surface area contributed by atoms with Crippen LogP contribution in [-0.4, -0.2) is 29.0 Å². The predicted molar refractivity (Wildman–Crippen MR) is 122 cm³/mol. The van der Waals surface area contributed by atoms with E-state index in [-0.39, 0.29) is 5.92 Å². The zero-order valence-electron chi connectivity index (χ0n) is 18.0. The third-order valence-corrected chi connectivity index (χ3v) is 5.28. The molecule has 0 fully saturated rings. The number of amides is 1. The number of carbonyl (C=O) groups excluding carboxylic acids is 1. The summed E-state index contributed by atoms with van der Waals surface area (Å²) in [6.07, 6.45) is 3.87. The molecular weight excluding hydrogens is 386 g/mol. The van der Waals surface area contributed by atoms with Crippen LogP contribution in [0.1, 0.15) is 42.9 Å². The average molecular weight is 414 g/mol. The topological polar surface area (TPSA) is 56.2 Å². The van der Waals surface area contributed by atoms with Gasteiger partial charge in [0.05, 0.1) is 11.8 Å². The summed E-state index contributed by atoms with van der Waals surface area (Å²) in [5, 5.41) is 7.09. The van der Waals surface area contributed by atoms with Crippen molar-refractivity contribution < 1.29 is 9.53 Å². The lowest BCUT2D eigenvalue weighted by Crippen LogP contribution is -2.26. The minimum atomic E-state index is -0.409. The average Bonchev–Trinajstić information content (AvgIpc) is 3.33. The Morgan fingerprint density at radius 1 is 1.13 bits per heavy atom. The Balaban J connectivity index is 1.25. The van der Waals surface area contributed by atoms with Crippen LogP contribution < -0.4 is 5.32 Å². The van der Waals surface area contributed by atoms with E-state index in [9.17, 15) is 4.79 Å². The van der Waals surface area contributed by atoms with Crippen LogP contribution in [0.2, 0.25) is 0 Å². The third-order valence-electron chi connectivity index (χ3n) is 5.28. The molecule has 31 heavy (non-hydrogen) atoms. The van der Waals surface area contributed by atoms with Gasteiger partial charge in [-0.1, -0.05) is 74.2 Å². The highest BCUT2D eigenvalue weighted by molar-refractivity contribution is 5.79. The minimum absolute atomic E-state index is 0.0697. The summed E-state index contributed by atoms with van der Waals surface area (Å²) >= 11 is 0. The highest BCUT2D eigenvalue weighted by Crippen LogP contribution is 2.44. The van der Waals surface area contributed by atoms with Crippen LogP contribution in [0.15, 0.2) is 60.9 Å². The summed E-state index contributed by atoms with van der Waals surface area (Å²) in [6.45, 7) is 5.96. The summed E-state index contributed by atoms with van der Waals surface area (Å²) < 4.78 is 7.44. The molecule has 0 saturated carbocycles. The highest BCUT2D eigenvalue weighted by Gasteiger charge is 2.28. The van der Waals surface area contributed by atoms with E-state index < -0.39 is 6.09 Å². The maximum absolute atomic E-state index is 12.2. The molecule has 5 heteroatoms. The first-order chi connectivity index (χ1) is 15.1. The van der Waals surface area contributed by atoms with Gasteiger partial charge in [-0.2, -0.15) is 5.10 Å². The zero-order chi connectivity index (χ0) is 21.6. The molecule has 0 radical (unpaired) electrons. The van der Waals surface area contributed by atoms with Crippen molar-refractivity contribution >= 4 is 6.09 Å². The maximum atomic E-state index is 12.2. The number of aromatic nitrogens is 2. The molecular formula is C26H27N3O2. The van der Waals surface area contributed by atoms with Crippen molar-refractivity contribution in [3.05, 3.63) is 77.6 Å². The van der Waals surface area contributed by atoms with Gasteiger partial charge in [-0.05, 0) is 28.2 Å². The summed E-state index contributed by atoms with van der Waals surface area (Å²) in [6, 6.07) is 16.6. The number of alkyl carbamates (subject to hydrolysis) is 1. The van der Waals surface area contributed by atoms with E-state index in [1.54, 1.807) is 6.20 Å². The Labute approximate surface area is 183 Å². The van der Waals surface area contributed by atoms with Crippen LogP contribution in [0.5, 0.6) is 0 Å². The fraction of sp³-hybridized carbons (Fsp3) is 0.308. The third kappa shape index (κ3) is 4.97. The van der Waals surface area contributed by atoms with E-state index in [1.807, 2.05) is 35.1 Å². The Kier molecular flexibility index (Phi) is 6.37. The first kappa shape index (κ1) is 20.7. The largest absolute Gasteiger partial charge is 0.449 e. The molecule has 1 aliphatic carbocycles. The fourth-order valence-electron chi connectivity index (χ4n) is 3.94. The maximum Gasteiger partial charge on any atom is 0.407 e. The summed E-state index contributed by atoms with van der Waals surface area (Å²) in [7, 11) is 0. The van der Waals surface area contributed by atoms with Gasteiger partial charge in [0.1, 0.15) is 6.61 Å². The van der Waals surface area contributed by atoms with Gasteiger partial charge in [-0.3, -0.25) is 4.68 Å². The molecule has 1 aliphatic rings. The first-order valence-corrected chi connectivity index (χ1v) is 10.7. The molecule has 0 atom stereocenters. The lowest BCUT2D eigenvalue weighted by molar-refractivity contribution is 0.143. The van der Waals surface area contributed by atoms with Crippen LogP contribution in [-0.2, 0) is 11.3 Å². The molecule has 2 aromatic carbocycles. The van der Waals surface area contributed by atoms with E-state index in [0.29, 0.717) is 25.5 Å². The van der Waals surface area contributed by atoms with Gasteiger partial charge in [0.2, 0.25) is 0 Å². The van der Waals surface area contributed by atoms with Gasteiger partial charge in [0, 0.05) is 31.6 Å². The van der Waals surface area contributed by atoms with Gasteiger partial charge in [0.15, 0.2) is 0 Å². The van der Waals surface area contributed by atoms with Crippen LogP contribution in [0, 0.1) is 17.8 Å². The Hall–Kier alpha value is -3.52. The molecule has 0 saturated heterocycles. The van der Waals surface area contributed by atoms with Crippen LogP contribution in [0.4, 0.5) is 4.79 Å². The number of hydrogen-bond acceptors (Lipinski definition) is 3. The summed E-state index contributed by atoms with van der Waals surface area (Å²) in [4.78, 5) is 12.2. The van der Waals surface area contributed by atoms with Gasteiger partial charge in [-0.15, -0.1) is 0 Å². The Morgan fingerprint density at radius 2 is 1.81 bits per heavy atom. The summed E-state index contributed by atoms with van der Waals surface area (Å²) in [5.41, 5.74) is 5.75. The second-order valence-corrected chi connectivity index (χ2v) is 8.15. The van der Waals surface area contributed by atoms with E-state index in [2.05, 4.69) is 60.4 Å². The number of benzene rings is 2. The standard InChI is InChI=1S/C26H27N3O2/c1-19(2)16-29-17-20(15-28-29)9-7-8-14-27-26(30)31-18-25-23-12-5-3-10-21(23)22-11-4-6-13-24(22)25/h3-6,10-13,15,17,19,25H,8,14,16,18H2,1-2H3,(H,27,30). The first-order valence-electron chi connectivity index (χ1n) is 10.7. The van der Waals surface area contributed by atoms with E-state index in [1.165, 1.54) is 22.3 Å². The molecule has 0 aliphatic heterocycles. The molecule has 0 spiro atoms. The van der Waals surface area contributed by atoms with Crippen molar-refractivity contribution in [3.8, 4) is 23.0 Å². The smallest absolute Gasteiger partial charge is 0.407 e. The minimum Gasteiger partial charge on any atom is -0.449 e. The molecule has 3 aromatic rings. The molecule has 1 heterocycles. The lowest BCUT2D eigenvalue weighted by atomic mass is 9.98. The Bertz CT molecular complexity index is 1080. The molecule has 1 N–H and O–H groups in total. The monoisotopic (exact) mass is 413 g/mol. The molecule has 1 aromatic heterocycles. The van der Waals surface area contributed by atoms with E-state index in [0.717, 1.165) is 12.1 Å². The quantitative estimate of drug-likeness (QED) is 0.466. The van der Waals surface area contributed by atoms with Crippen molar-refractivity contribution in [1.82, 2.24) is 15.1 Å². The van der Waals surface area contributed by atoms with Crippen molar-refractivity contribution in [2.24, 2.45) is 5.92 Å². The zero-order valence-corrected chi connectivity index (χ0v) is 18.0. The lowest BCUT2D eigenvalue weighted by Gasteiger charge is -2.14. The Morgan fingerprint density at radius 3 is 2.48 bits per heavy atom. The number of fused-ring (bicyclic) bond motifs is 3. The van der Waals surface area contributed by atoms with Gasteiger partial charge in [-0.25, -0.2) is 4.79 Å². The molecule has 158 valence electrons. The van der Waals surface area contributed by atoms with Crippen LogP contribution in [0.3, 0.4) is 0 Å². The van der Waals surface area contributed by atoms with Crippen molar-refractivity contribution in [1.29, 1.82) is 0 Å². The normalized spacial score (nSPS) is 12.1. The number of carbonyl (C=O) groups is 1. The molecule has 5 nitrogen and oxygen atoms in total. The molecule has 0 unspecified atom stereocenters. The molecule has 4 rings (SSSR count). The van der Waals surface area contributed by atoms with Crippen molar-refractivity contribution in [2.75, 3.05) is 13.2 Å². The fourth-order valence-corrected chi connectivity index (χ4v) is 3.94. The predicted octanol–water partition coefficient (Wildman–Crippen LogP) is 4.82. The van der Waals surface area contributed by atoms with Gasteiger partial charge in [0.25, 0.3) is 0 Å². The molecule has 0 bridgehead atoms. The van der Waals surface area contributed by atoms with Crippen molar-refractivity contribution in [2.45, 2.75) is 32.7 Å². The molecule has 1 amide bonds. The van der Waals surface area contributed by atoms with Crippen LogP contribution in [0.25, 0.3) is 11.1 Å². The second kappa shape index (κ2) is 9.53. The number of nitrogens with zero attached hydrogens (tertiary/aromatic N) is 2. The number of ether oxygens (including phenoxy) is 1. The summed E-state index contributed by atoms with van der Waals surface area (Å²) in [5.74, 6) is 6.77. The number of rotatable bonds is 6. The van der Waals surface area contributed by atoms with E-state index >= 15 is 0 Å². The second-order valence-electron chi connectivity index (χ2n) is 8.15. The van der Waals surface area contributed by atoms with Gasteiger partial charge >= 0.3 is 6.09 Å². The SMILES string of the molecule is CC(C)Cn1cc(C#CCCNC(=O)OCC2c3ccccc3-c3ccccc32)cn1.